The van der Waals surface area contributed by atoms with E-state index in [1.54, 1.807) is 0 Å². The van der Waals surface area contributed by atoms with Crippen molar-refractivity contribution in [2.24, 2.45) is 7.05 Å². The summed E-state index contributed by atoms with van der Waals surface area (Å²) in [7, 11) is 1.99. The first-order chi connectivity index (χ1) is 12.0. The van der Waals surface area contributed by atoms with Crippen molar-refractivity contribution >= 4 is 0 Å². The van der Waals surface area contributed by atoms with Gasteiger partial charge in [-0.1, -0.05) is 30.3 Å². The van der Waals surface area contributed by atoms with Crippen LogP contribution in [0.3, 0.4) is 0 Å². The van der Waals surface area contributed by atoms with Gasteiger partial charge in [0.15, 0.2) is 0 Å². The Bertz CT molecular complexity index is 858. The van der Waals surface area contributed by atoms with E-state index in [1.165, 1.54) is 28.1 Å². The van der Waals surface area contributed by atoms with E-state index in [9.17, 15) is 0 Å². The van der Waals surface area contributed by atoms with Crippen molar-refractivity contribution in [3.05, 3.63) is 69.8 Å². The standard InChI is InChI=1S/C20H27N5/c1-14-19(16(3)24(5)22-14)11-21-12-20-15(2)23-25(17(20)4)13-18-9-7-6-8-10-18/h6-10,21H,11-13H2,1-5H3. The summed E-state index contributed by atoms with van der Waals surface area (Å²) in [5.41, 5.74) is 8.49. The van der Waals surface area contributed by atoms with Gasteiger partial charge in [-0.3, -0.25) is 9.36 Å². The lowest BCUT2D eigenvalue weighted by atomic mass is 10.1. The van der Waals surface area contributed by atoms with Gasteiger partial charge in [0.1, 0.15) is 0 Å². The van der Waals surface area contributed by atoms with Gasteiger partial charge in [0.2, 0.25) is 0 Å². The Morgan fingerprint density at radius 2 is 1.44 bits per heavy atom. The zero-order chi connectivity index (χ0) is 18.0. The molecule has 0 fully saturated rings. The third-order valence-corrected chi connectivity index (χ3v) is 4.97. The Balaban J connectivity index is 1.69. The molecule has 2 aromatic heterocycles. The summed E-state index contributed by atoms with van der Waals surface area (Å²) >= 11 is 0. The molecule has 132 valence electrons. The fraction of sp³-hybridized carbons (Fsp3) is 0.400. The first-order valence-electron chi connectivity index (χ1n) is 8.74. The van der Waals surface area contributed by atoms with Gasteiger partial charge < -0.3 is 5.32 Å². The van der Waals surface area contributed by atoms with Gasteiger partial charge in [-0.2, -0.15) is 10.2 Å². The van der Waals surface area contributed by atoms with Crippen LogP contribution in [0, 0.1) is 27.7 Å². The van der Waals surface area contributed by atoms with Crippen LogP contribution in [0.5, 0.6) is 0 Å². The highest BCUT2D eigenvalue weighted by molar-refractivity contribution is 5.27. The monoisotopic (exact) mass is 337 g/mol. The van der Waals surface area contributed by atoms with E-state index in [0.717, 1.165) is 31.0 Å². The maximum absolute atomic E-state index is 4.73. The molecule has 0 saturated carbocycles. The average Bonchev–Trinajstić information content (AvgIpc) is 2.99. The van der Waals surface area contributed by atoms with Crippen molar-refractivity contribution < 1.29 is 0 Å². The number of hydrogen-bond acceptors (Lipinski definition) is 3. The molecular weight excluding hydrogens is 310 g/mol. The first kappa shape index (κ1) is 17.4. The molecule has 3 rings (SSSR count). The zero-order valence-electron chi connectivity index (χ0n) is 15.8. The highest BCUT2D eigenvalue weighted by atomic mass is 15.3. The smallest absolute Gasteiger partial charge is 0.0662 e. The van der Waals surface area contributed by atoms with Gasteiger partial charge in [-0.15, -0.1) is 0 Å². The second-order valence-corrected chi connectivity index (χ2v) is 6.67. The Morgan fingerprint density at radius 1 is 0.840 bits per heavy atom. The van der Waals surface area contributed by atoms with Crippen molar-refractivity contribution in [1.29, 1.82) is 0 Å². The van der Waals surface area contributed by atoms with E-state index in [2.05, 4.69) is 67.1 Å². The average molecular weight is 337 g/mol. The Hall–Kier alpha value is -2.40. The van der Waals surface area contributed by atoms with Gasteiger partial charge in [0, 0.05) is 42.7 Å². The molecule has 0 spiro atoms. The summed E-state index contributed by atoms with van der Waals surface area (Å²) in [4.78, 5) is 0. The normalized spacial score (nSPS) is 11.2. The highest BCUT2D eigenvalue weighted by Gasteiger charge is 2.13. The fourth-order valence-corrected chi connectivity index (χ4v) is 3.29. The number of aromatic nitrogens is 4. The molecule has 1 aromatic carbocycles. The molecule has 0 aliphatic carbocycles. The maximum atomic E-state index is 4.73. The lowest BCUT2D eigenvalue weighted by Gasteiger charge is -2.08. The van der Waals surface area contributed by atoms with E-state index in [0.29, 0.717) is 0 Å². The predicted octanol–water partition coefficient (Wildman–Crippen LogP) is 3.19. The predicted molar refractivity (Wildman–Crippen MR) is 100 cm³/mol. The Morgan fingerprint density at radius 3 is 2.04 bits per heavy atom. The van der Waals surface area contributed by atoms with Crippen LogP contribution in [-0.2, 0) is 26.7 Å². The number of hydrogen-bond donors (Lipinski definition) is 1. The molecule has 0 aliphatic rings. The summed E-state index contributed by atoms with van der Waals surface area (Å²) in [6.07, 6.45) is 0. The van der Waals surface area contributed by atoms with Crippen LogP contribution < -0.4 is 5.32 Å². The minimum absolute atomic E-state index is 0.814. The third-order valence-electron chi connectivity index (χ3n) is 4.97. The maximum Gasteiger partial charge on any atom is 0.0662 e. The quantitative estimate of drug-likeness (QED) is 0.751. The van der Waals surface area contributed by atoms with Crippen LogP contribution in [0.4, 0.5) is 0 Å². The van der Waals surface area contributed by atoms with Gasteiger partial charge in [0.25, 0.3) is 0 Å². The highest BCUT2D eigenvalue weighted by Crippen LogP contribution is 2.16. The zero-order valence-corrected chi connectivity index (χ0v) is 15.8. The number of aryl methyl sites for hydroxylation is 3. The van der Waals surface area contributed by atoms with E-state index >= 15 is 0 Å². The van der Waals surface area contributed by atoms with Crippen LogP contribution in [0.1, 0.15) is 39.5 Å². The molecule has 0 unspecified atom stereocenters. The SMILES string of the molecule is Cc1nn(C)c(C)c1CNCc1c(C)nn(Cc2ccccc2)c1C. The van der Waals surface area contributed by atoms with Crippen molar-refractivity contribution in [1.82, 2.24) is 24.9 Å². The summed E-state index contributed by atoms with van der Waals surface area (Å²) in [6, 6.07) is 10.5. The molecule has 0 bridgehead atoms. The van der Waals surface area contributed by atoms with E-state index in [1.807, 2.05) is 17.8 Å². The number of nitrogens with zero attached hydrogens (tertiary/aromatic N) is 4. The minimum Gasteiger partial charge on any atom is -0.308 e. The minimum atomic E-state index is 0.814. The second kappa shape index (κ2) is 7.23. The summed E-state index contributed by atoms with van der Waals surface area (Å²) < 4.78 is 4.04. The first-order valence-corrected chi connectivity index (χ1v) is 8.74. The third kappa shape index (κ3) is 3.66. The lowest BCUT2D eigenvalue weighted by Crippen LogP contribution is -2.15. The number of benzene rings is 1. The lowest BCUT2D eigenvalue weighted by molar-refractivity contribution is 0.652. The van der Waals surface area contributed by atoms with Gasteiger partial charge in [0.05, 0.1) is 17.9 Å². The van der Waals surface area contributed by atoms with Crippen LogP contribution in [-0.4, -0.2) is 19.6 Å². The summed E-state index contributed by atoms with van der Waals surface area (Å²) in [5, 5.41) is 12.8. The number of nitrogens with one attached hydrogen (secondary N) is 1. The molecule has 2 heterocycles. The van der Waals surface area contributed by atoms with Crippen LogP contribution >= 0.6 is 0 Å². The van der Waals surface area contributed by atoms with Crippen LogP contribution in [0.15, 0.2) is 30.3 Å². The molecule has 3 aromatic rings. The molecular formula is C20H27N5. The molecule has 5 nitrogen and oxygen atoms in total. The van der Waals surface area contributed by atoms with Crippen molar-refractivity contribution in [3.8, 4) is 0 Å². The summed E-state index contributed by atoms with van der Waals surface area (Å²) in [5.74, 6) is 0. The fourth-order valence-electron chi connectivity index (χ4n) is 3.29. The topological polar surface area (TPSA) is 47.7 Å². The van der Waals surface area contributed by atoms with Gasteiger partial charge in [-0.05, 0) is 33.3 Å². The molecule has 0 amide bonds. The van der Waals surface area contributed by atoms with Crippen molar-refractivity contribution in [2.45, 2.75) is 47.3 Å². The number of rotatable bonds is 6. The largest absolute Gasteiger partial charge is 0.308 e. The summed E-state index contributed by atoms with van der Waals surface area (Å²) in [6.45, 7) is 10.9. The molecule has 5 heteroatoms. The molecule has 0 radical (unpaired) electrons. The molecule has 1 N–H and O–H groups in total. The van der Waals surface area contributed by atoms with Crippen LogP contribution in [0.2, 0.25) is 0 Å². The molecule has 0 saturated heterocycles. The molecule has 0 atom stereocenters. The van der Waals surface area contributed by atoms with E-state index < -0.39 is 0 Å². The van der Waals surface area contributed by atoms with Gasteiger partial charge >= 0.3 is 0 Å². The Kier molecular flexibility index (Phi) is 5.04. The van der Waals surface area contributed by atoms with Crippen molar-refractivity contribution in [3.63, 3.8) is 0 Å². The van der Waals surface area contributed by atoms with Crippen LogP contribution in [0.25, 0.3) is 0 Å². The second-order valence-electron chi connectivity index (χ2n) is 6.67. The van der Waals surface area contributed by atoms with Crippen molar-refractivity contribution in [2.75, 3.05) is 0 Å². The van der Waals surface area contributed by atoms with E-state index in [4.69, 9.17) is 5.10 Å². The van der Waals surface area contributed by atoms with Gasteiger partial charge in [-0.25, -0.2) is 0 Å². The molecule has 0 aliphatic heterocycles. The Labute approximate surface area is 149 Å². The molecule has 25 heavy (non-hydrogen) atoms. The van der Waals surface area contributed by atoms with E-state index in [-0.39, 0.29) is 0 Å².